The number of hydrogen-bond acceptors (Lipinski definition) is 0. The van der Waals surface area contributed by atoms with Crippen LogP contribution in [0.1, 0.15) is 5.56 Å². The van der Waals surface area contributed by atoms with E-state index in [9.17, 15) is 0 Å². The molecule has 2 heteroatoms. The summed E-state index contributed by atoms with van der Waals surface area (Å²) in [6.45, 7) is 2.14. The van der Waals surface area contributed by atoms with Crippen molar-refractivity contribution in [2.24, 2.45) is 0 Å². The summed E-state index contributed by atoms with van der Waals surface area (Å²) in [5, 5.41) is 2.62. The van der Waals surface area contributed by atoms with Crippen LogP contribution in [0.4, 0.5) is 0 Å². The van der Waals surface area contributed by atoms with E-state index in [1.54, 1.807) is 0 Å². The molecule has 0 spiro atoms. The van der Waals surface area contributed by atoms with Gasteiger partial charge in [-0.3, -0.25) is 0 Å². The van der Waals surface area contributed by atoms with Gasteiger partial charge < -0.3 is 4.57 Å². The second-order valence-corrected chi connectivity index (χ2v) is 5.21. The molecule has 0 saturated heterocycles. The molecule has 1 heterocycles. The third-order valence-electron chi connectivity index (χ3n) is 3.84. The normalized spacial score (nSPS) is 10.7. The van der Waals surface area contributed by atoms with Crippen LogP contribution in [0.5, 0.6) is 0 Å². The number of fused-ring (bicyclic) bond motifs is 3. The molecule has 0 amide bonds. The molecule has 0 radical (unpaired) electrons. The van der Waals surface area contributed by atoms with Crippen LogP contribution in [0.2, 0.25) is 0 Å². The molecule has 1 nitrogen and oxygen atoms in total. The van der Waals surface area contributed by atoms with E-state index >= 15 is 0 Å². The van der Waals surface area contributed by atoms with E-state index < -0.39 is 0 Å². The van der Waals surface area contributed by atoms with Crippen LogP contribution in [0, 0.1) is 44.7 Å². The molecular formula is C19H15ArN. The molecule has 0 saturated carbocycles. The van der Waals surface area contributed by atoms with Crippen molar-refractivity contribution >= 4 is 21.8 Å². The Morgan fingerprint density at radius 2 is 1.24 bits per heavy atom. The van der Waals surface area contributed by atoms with Crippen LogP contribution in [0.15, 0.2) is 72.8 Å². The fraction of sp³-hybridized carbons (Fsp3) is 0.0526. The molecule has 3 aromatic carbocycles. The van der Waals surface area contributed by atoms with Crippen LogP contribution in [0.3, 0.4) is 0 Å². The Kier molecular flexibility index (Phi) is 4.07. The Morgan fingerprint density at radius 3 is 1.81 bits per heavy atom. The first-order valence-corrected chi connectivity index (χ1v) is 6.90. The molecule has 4 rings (SSSR count). The molecule has 0 unspecified atom stereocenters. The Bertz CT molecular complexity index is 868. The first-order valence-electron chi connectivity index (χ1n) is 6.90. The third kappa shape index (κ3) is 2.40. The van der Waals surface area contributed by atoms with E-state index in [1.165, 1.54) is 33.1 Å². The second kappa shape index (κ2) is 5.84. The first kappa shape index (κ1) is 14.6. The van der Waals surface area contributed by atoms with E-state index in [2.05, 4.69) is 84.3 Å². The molecule has 0 fully saturated rings. The van der Waals surface area contributed by atoms with Crippen molar-refractivity contribution in [2.75, 3.05) is 0 Å². The summed E-state index contributed by atoms with van der Waals surface area (Å²) in [5.41, 5.74) is 5.03. The summed E-state index contributed by atoms with van der Waals surface area (Å²) in [6, 6.07) is 25.9. The summed E-state index contributed by atoms with van der Waals surface area (Å²) < 4.78 is 2.34. The summed E-state index contributed by atoms with van der Waals surface area (Å²) in [5.74, 6) is 0. The van der Waals surface area contributed by atoms with Crippen molar-refractivity contribution in [2.45, 2.75) is 6.92 Å². The van der Waals surface area contributed by atoms with Crippen molar-refractivity contribution in [1.82, 2.24) is 4.57 Å². The van der Waals surface area contributed by atoms with Gasteiger partial charge in [0.05, 0.1) is 11.0 Å². The fourth-order valence-electron chi connectivity index (χ4n) is 2.97. The number of rotatable bonds is 1. The molecule has 104 valence electrons. The fourth-order valence-corrected chi connectivity index (χ4v) is 2.97. The quantitative estimate of drug-likeness (QED) is 0.461. The van der Waals surface area contributed by atoms with Crippen molar-refractivity contribution in [3.05, 3.63) is 78.4 Å². The zero-order valence-electron chi connectivity index (χ0n) is 11.7. The van der Waals surface area contributed by atoms with Gasteiger partial charge in [0.15, 0.2) is 0 Å². The summed E-state index contributed by atoms with van der Waals surface area (Å²) in [4.78, 5) is 0. The van der Waals surface area contributed by atoms with E-state index in [0.717, 1.165) is 0 Å². The van der Waals surface area contributed by atoms with Gasteiger partial charge in [0.25, 0.3) is 0 Å². The number of para-hydroxylation sites is 2. The maximum absolute atomic E-state index is 2.34. The second-order valence-electron chi connectivity index (χ2n) is 5.21. The van der Waals surface area contributed by atoms with E-state index in [4.69, 9.17) is 0 Å². The summed E-state index contributed by atoms with van der Waals surface area (Å²) in [6.07, 6.45) is 0. The number of benzene rings is 3. The number of aromatic nitrogens is 1. The van der Waals surface area contributed by atoms with E-state index in [-0.39, 0.29) is 37.7 Å². The van der Waals surface area contributed by atoms with Gasteiger partial charge >= 0.3 is 0 Å². The van der Waals surface area contributed by atoms with Crippen molar-refractivity contribution in [1.29, 1.82) is 0 Å². The maximum Gasteiger partial charge on any atom is 0.0541 e. The van der Waals surface area contributed by atoms with Crippen LogP contribution >= 0.6 is 0 Å². The molecule has 0 aliphatic rings. The zero-order chi connectivity index (χ0) is 13.5. The summed E-state index contributed by atoms with van der Waals surface area (Å²) in [7, 11) is 0. The molecule has 0 atom stereocenters. The molecule has 1 aromatic heterocycles. The van der Waals surface area contributed by atoms with Gasteiger partial charge in [-0.1, -0.05) is 48.5 Å². The van der Waals surface area contributed by atoms with Gasteiger partial charge in [0.2, 0.25) is 0 Å². The van der Waals surface area contributed by atoms with Crippen LogP contribution in [-0.4, -0.2) is 4.57 Å². The maximum atomic E-state index is 2.34. The Morgan fingerprint density at radius 1 is 0.667 bits per heavy atom. The molecule has 0 aliphatic heterocycles. The molecular weight excluding hydrogens is 282 g/mol. The van der Waals surface area contributed by atoms with Crippen LogP contribution in [0.25, 0.3) is 27.5 Å². The Hall–Kier alpha value is -1.28. The average Bonchev–Trinajstić information content (AvgIpc) is 2.82. The number of hydrogen-bond donors (Lipinski definition) is 0. The topological polar surface area (TPSA) is 4.93 Å². The minimum Gasteiger partial charge on any atom is -0.309 e. The predicted molar refractivity (Wildman–Crippen MR) is 85.5 cm³/mol. The van der Waals surface area contributed by atoms with E-state index in [1.807, 2.05) is 0 Å². The Labute approximate surface area is 154 Å². The molecule has 0 bridgehead atoms. The number of aryl methyl sites for hydroxylation is 1. The van der Waals surface area contributed by atoms with Gasteiger partial charge in [-0.15, -0.1) is 0 Å². The van der Waals surface area contributed by atoms with Crippen molar-refractivity contribution in [3.63, 3.8) is 0 Å². The monoisotopic (exact) mass is 297 g/mol. The molecule has 4 aromatic rings. The first-order chi connectivity index (χ1) is 9.84. The molecule has 21 heavy (non-hydrogen) atoms. The van der Waals surface area contributed by atoms with Gasteiger partial charge in [0.1, 0.15) is 0 Å². The average molecular weight is 297 g/mol. The minimum absolute atomic E-state index is 0. The summed E-state index contributed by atoms with van der Waals surface area (Å²) >= 11 is 0. The molecule has 0 aliphatic carbocycles. The predicted octanol–water partition coefficient (Wildman–Crippen LogP) is 5.09. The van der Waals surface area contributed by atoms with Gasteiger partial charge in [-0.2, -0.15) is 0 Å². The SMILES string of the molecule is Cc1cccc(-n2c3ccccc3c3ccccc32)c1.[Ar]. The third-order valence-corrected chi connectivity index (χ3v) is 3.84. The van der Waals surface area contributed by atoms with Crippen molar-refractivity contribution < 1.29 is 37.7 Å². The standard InChI is InChI=1S/C19H15N.Ar/c1-14-7-6-8-15(13-14)20-18-11-4-2-9-16(18)17-10-3-5-12-19(17)20;/h2-13H,1H3;. The largest absolute Gasteiger partial charge is 0.309 e. The van der Waals surface area contributed by atoms with Crippen molar-refractivity contribution in [3.8, 4) is 5.69 Å². The van der Waals surface area contributed by atoms with Gasteiger partial charge in [0, 0.05) is 54.2 Å². The zero-order valence-corrected chi connectivity index (χ0v) is 12.4. The van der Waals surface area contributed by atoms with Crippen LogP contribution < -0.4 is 0 Å². The number of nitrogens with zero attached hydrogens (tertiary/aromatic N) is 1. The smallest absolute Gasteiger partial charge is 0.0541 e. The van der Waals surface area contributed by atoms with Gasteiger partial charge in [-0.25, -0.2) is 0 Å². The van der Waals surface area contributed by atoms with Crippen LogP contribution in [-0.2, 0) is 0 Å². The molecule has 0 N–H and O–H groups in total. The Balaban J connectivity index is 0.00000132. The minimum atomic E-state index is 0. The van der Waals surface area contributed by atoms with E-state index in [0.29, 0.717) is 0 Å². The van der Waals surface area contributed by atoms with Gasteiger partial charge in [-0.05, 0) is 36.8 Å².